The molecule has 2 N–H and O–H groups in total. The fourth-order valence-electron chi connectivity index (χ4n) is 3.33. The fraction of sp³-hybridized carbons (Fsp3) is 0.435. The van der Waals surface area contributed by atoms with E-state index in [9.17, 15) is 18.0 Å². The van der Waals surface area contributed by atoms with E-state index in [1.165, 1.54) is 6.07 Å². The number of alkyl halides is 3. The van der Waals surface area contributed by atoms with Crippen LogP contribution in [0, 0.1) is 6.92 Å². The van der Waals surface area contributed by atoms with Gasteiger partial charge in [-0.3, -0.25) is 4.79 Å². The molecule has 1 amide bonds. The smallest absolute Gasteiger partial charge is 0.416 e. The van der Waals surface area contributed by atoms with E-state index in [4.69, 9.17) is 5.11 Å². The highest BCUT2D eigenvalue weighted by Crippen LogP contribution is 2.34. The van der Waals surface area contributed by atoms with Gasteiger partial charge in [-0.2, -0.15) is 13.2 Å². The van der Waals surface area contributed by atoms with Gasteiger partial charge in [0.05, 0.1) is 11.5 Å². The molecule has 164 valence electrons. The van der Waals surface area contributed by atoms with Crippen LogP contribution in [0.5, 0.6) is 5.75 Å². The molecule has 1 atom stereocenters. The monoisotopic (exact) mass is 422 g/mol. The number of anilines is 1. The topological polar surface area (TPSA) is 52.6 Å². The zero-order chi connectivity index (χ0) is 22.3. The highest BCUT2D eigenvalue weighted by atomic mass is 19.4. The maximum atomic E-state index is 12.6. The molecule has 4 nitrogen and oxygen atoms in total. The van der Waals surface area contributed by atoms with E-state index < -0.39 is 11.7 Å². The number of phenolic OH excluding ortho intramolecular Hbond substituents is 1. The molecular weight excluding hydrogens is 393 g/mol. The molecule has 30 heavy (non-hydrogen) atoms. The Balaban J connectivity index is 0.000000216. The zero-order valence-corrected chi connectivity index (χ0v) is 17.6. The van der Waals surface area contributed by atoms with Gasteiger partial charge < -0.3 is 15.3 Å². The molecule has 1 aliphatic rings. The minimum atomic E-state index is -4.25. The van der Waals surface area contributed by atoms with Gasteiger partial charge in [0, 0.05) is 25.3 Å². The number of likely N-dealkylation sites (N-methyl/N-ethyl adjacent to an activating group) is 1. The van der Waals surface area contributed by atoms with E-state index in [0.717, 1.165) is 48.8 Å². The van der Waals surface area contributed by atoms with Gasteiger partial charge in [-0.1, -0.05) is 18.2 Å². The maximum absolute atomic E-state index is 12.6. The number of aryl methyl sites for hydroxylation is 1. The van der Waals surface area contributed by atoms with Gasteiger partial charge in [0.15, 0.2) is 0 Å². The summed E-state index contributed by atoms with van der Waals surface area (Å²) in [5.74, 6) is 0.0607. The summed E-state index contributed by atoms with van der Waals surface area (Å²) in [6, 6.07) is 10.7. The zero-order valence-electron chi connectivity index (χ0n) is 17.6. The first-order valence-corrected chi connectivity index (χ1v) is 10.1. The first-order chi connectivity index (χ1) is 14.1. The Kier molecular flexibility index (Phi) is 8.15. The molecule has 2 aromatic rings. The SMILES string of the molecule is CCNC(=O)C(C)c1ccc(O)cc1.Cc1ccc(C(F)(F)F)cc1N1CCCC1. The number of phenols is 1. The standard InChI is InChI=1S/C12H14F3N.C11H15NO2/c1-9-4-5-10(12(13,14)15)8-11(9)16-6-2-3-7-16;1-3-12-11(14)8(2)9-4-6-10(13)7-5-9/h4-5,8H,2-3,6-7H2,1H3;4-8,13H,3H2,1-2H3,(H,12,14). The molecular formula is C23H29F3N2O2. The van der Waals surface area contributed by atoms with Crippen LogP contribution in [0.2, 0.25) is 0 Å². The largest absolute Gasteiger partial charge is 0.508 e. The van der Waals surface area contributed by atoms with Gasteiger partial charge in [-0.05, 0) is 69.0 Å². The van der Waals surface area contributed by atoms with Gasteiger partial charge in [0.1, 0.15) is 5.75 Å². The van der Waals surface area contributed by atoms with Crippen molar-refractivity contribution in [3.63, 3.8) is 0 Å². The molecule has 0 saturated carbocycles. The van der Waals surface area contributed by atoms with Crippen molar-refractivity contribution in [2.24, 2.45) is 0 Å². The van der Waals surface area contributed by atoms with Crippen LogP contribution < -0.4 is 10.2 Å². The Morgan fingerprint density at radius 2 is 1.73 bits per heavy atom. The van der Waals surface area contributed by atoms with Crippen LogP contribution in [0.4, 0.5) is 18.9 Å². The number of carbonyl (C=O) groups is 1. The average Bonchev–Trinajstić information content (AvgIpc) is 3.23. The van der Waals surface area contributed by atoms with Gasteiger partial charge in [-0.15, -0.1) is 0 Å². The molecule has 3 rings (SSSR count). The number of hydrogen-bond acceptors (Lipinski definition) is 3. The highest BCUT2D eigenvalue weighted by Gasteiger charge is 2.31. The molecule has 0 radical (unpaired) electrons. The van der Waals surface area contributed by atoms with Crippen molar-refractivity contribution < 1.29 is 23.1 Å². The minimum absolute atomic E-state index is 0.0122. The fourth-order valence-corrected chi connectivity index (χ4v) is 3.33. The van der Waals surface area contributed by atoms with Crippen LogP contribution in [0.15, 0.2) is 42.5 Å². The van der Waals surface area contributed by atoms with Crippen LogP contribution in [0.1, 0.15) is 49.3 Å². The molecule has 1 heterocycles. The van der Waals surface area contributed by atoms with E-state index in [-0.39, 0.29) is 17.6 Å². The molecule has 7 heteroatoms. The number of benzene rings is 2. The number of halogens is 3. The lowest BCUT2D eigenvalue weighted by molar-refractivity contribution is -0.137. The van der Waals surface area contributed by atoms with E-state index >= 15 is 0 Å². The highest BCUT2D eigenvalue weighted by molar-refractivity contribution is 5.83. The normalized spacial score (nSPS) is 14.7. The van der Waals surface area contributed by atoms with Crippen LogP contribution in [0.25, 0.3) is 0 Å². The average molecular weight is 422 g/mol. The number of carbonyl (C=O) groups excluding carboxylic acids is 1. The summed E-state index contributed by atoms with van der Waals surface area (Å²) in [5.41, 5.74) is 2.00. The van der Waals surface area contributed by atoms with E-state index in [1.54, 1.807) is 30.3 Å². The maximum Gasteiger partial charge on any atom is 0.416 e. The van der Waals surface area contributed by atoms with Gasteiger partial charge in [0.2, 0.25) is 5.91 Å². The van der Waals surface area contributed by atoms with Crippen molar-refractivity contribution in [3.05, 3.63) is 59.2 Å². The summed E-state index contributed by atoms with van der Waals surface area (Å²) < 4.78 is 37.7. The Hall–Kier alpha value is -2.70. The third-order valence-corrected chi connectivity index (χ3v) is 5.12. The van der Waals surface area contributed by atoms with Crippen LogP contribution >= 0.6 is 0 Å². The molecule has 1 fully saturated rings. The number of hydrogen-bond donors (Lipinski definition) is 2. The van der Waals surface area contributed by atoms with Crippen molar-refractivity contribution in [1.82, 2.24) is 5.32 Å². The lowest BCUT2D eigenvalue weighted by atomic mass is 10.0. The summed E-state index contributed by atoms with van der Waals surface area (Å²) in [6.45, 7) is 7.96. The number of rotatable bonds is 4. The number of nitrogens with zero attached hydrogens (tertiary/aromatic N) is 1. The number of nitrogens with one attached hydrogen (secondary N) is 1. The predicted molar refractivity (Wildman–Crippen MR) is 113 cm³/mol. The van der Waals surface area contributed by atoms with Crippen LogP contribution in [-0.4, -0.2) is 30.6 Å². The molecule has 0 aromatic heterocycles. The van der Waals surface area contributed by atoms with E-state index in [2.05, 4.69) is 5.32 Å². The predicted octanol–water partition coefficient (Wildman–Crippen LogP) is 5.25. The molecule has 1 unspecified atom stereocenters. The van der Waals surface area contributed by atoms with Gasteiger partial charge in [0.25, 0.3) is 0 Å². The van der Waals surface area contributed by atoms with Crippen molar-refractivity contribution in [2.45, 2.75) is 45.7 Å². The lowest BCUT2D eigenvalue weighted by Gasteiger charge is -2.21. The molecule has 0 bridgehead atoms. The molecule has 0 spiro atoms. The Morgan fingerprint density at radius 1 is 1.13 bits per heavy atom. The summed E-state index contributed by atoms with van der Waals surface area (Å²) >= 11 is 0. The summed E-state index contributed by atoms with van der Waals surface area (Å²) in [4.78, 5) is 13.5. The molecule has 0 aliphatic carbocycles. The second-order valence-electron chi connectivity index (χ2n) is 7.40. The second-order valence-corrected chi connectivity index (χ2v) is 7.40. The minimum Gasteiger partial charge on any atom is -0.508 e. The van der Waals surface area contributed by atoms with Crippen LogP contribution in [-0.2, 0) is 11.0 Å². The van der Waals surface area contributed by atoms with Crippen LogP contribution in [0.3, 0.4) is 0 Å². The quantitative estimate of drug-likeness (QED) is 0.708. The summed E-state index contributed by atoms with van der Waals surface area (Å²) in [7, 11) is 0. The number of amides is 1. The van der Waals surface area contributed by atoms with E-state index in [0.29, 0.717) is 6.54 Å². The van der Waals surface area contributed by atoms with E-state index in [1.807, 2.05) is 25.7 Å². The Morgan fingerprint density at radius 3 is 2.27 bits per heavy atom. The first-order valence-electron chi connectivity index (χ1n) is 10.1. The Bertz CT molecular complexity index is 829. The molecule has 1 aliphatic heterocycles. The molecule has 1 saturated heterocycles. The first kappa shape index (κ1) is 23.6. The van der Waals surface area contributed by atoms with Gasteiger partial charge >= 0.3 is 6.18 Å². The lowest BCUT2D eigenvalue weighted by Crippen LogP contribution is -2.27. The molecule has 2 aromatic carbocycles. The van der Waals surface area contributed by atoms with Crippen molar-refractivity contribution in [2.75, 3.05) is 24.5 Å². The summed E-state index contributed by atoms with van der Waals surface area (Å²) in [6.07, 6.45) is -2.12. The third-order valence-electron chi connectivity index (χ3n) is 5.12. The second kappa shape index (κ2) is 10.4. The van der Waals surface area contributed by atoms with Gasteiger partial charge in [-0.25, -0.2) is 0 Å². The van der Waals surface area contributed by atoms with Crippen molar-refractivity contribution in [3.8, 4) is 5.75 Å². The van der Waals surface area contributed by atoms with Crippen molar-refractivity contribution >= 4 is 11.6 Å². The summed E-state index contributed by atoms with van der Waals surface area (Å²) in [5, 5.41) is 11.8. The third kappa shape index (κ3) is 6.40. The van der Waals surface area contributed by atoms with Crippen molar-refractivity contribution in [1.29, 1.82) is 0 Å². The number of aromatic hydroxyl groups is 1. The Labute approximate surface area is 175 Å².